The fourth-order valence-corrected chi connectivity index (χ4v) is 1.02. The van der Waals surface area contributed by atoms with Crippen molar-refractivity contribution in [1.29, 1.82) is 5.26 Å². The van der Waals surface area contributed by atoms with E-state index in [4.69, 9.17) is 5.26 Å². The van der Waals surface area contributed by atoms with Crippen LogP contribution in [-0.4, -0.2) is 16.9 Å². The Bertz CT molecular complexity index is 381. The Kier molecular flexibility index (Phi) is 3.19. The Balaban J connectivity index is 2.81. The van der Waals surface area contributed by atoms with Crippen LogP contribution in [0.2, 0.25) is 0 Å². The van der Waals surface area contributed by atoms with Gasteiger partial charge in [0.2, 0.25) is 0 Å². The van der Waals surface area contributed by atoms with Gasteiger partial charge in [-0.05, 0) is 25.5 Å². The number of nitrogens with one attached hydrogen (secondary N) is 1. The van der Waals surface area contributed by atoms with Crippen LogP contribution in [-0.2, 0) is 0 Å². The van der Waals surface area contributed by atoms with E-state index in [9.17, 15) is 4.79 Å². The second-order valence-electron chi connectivity index (χ2n) is 2.99. The van der Waals surface area contributed by atoms with Crippen molar-refractivity contribution >= 4 is 5.91 Å². The van der Waals surface area contributed by atoms with Gasteiger partial charge in [-0.2, -0.15) is 5.26 Å². The van der Waals surface area contributed by atoms with Crippen molar-refractivity contribution < 1.29 is 4.79 Å². The van der Waals surface area contributed by atoms with Gasteiger partial charge in [0.15, 0.2) is 0 Å². The first-order valence-electron chi connectivity index (χ1n) is 4.27. The molecule has 1 N–H and O–H groups in total. The number of nitrogens with zero attached hydrogens (tertiary/aromatic N) is 2. The van der Waals surface area contributed by atoms with Crippen LogP contribution in [0, 0.1) is 18.3 Å². The van der Waals surface area contributed by atoms with E-state index in [-0.39, 0.29) is 5.91 Å². The summed E-state index contributed by atoms with van der Waals surface area (Å²) in [5.41, 5.74) is 1.17. The summed E-state index contributed by atoms with van der Waals surface area (Å²) in [6.45, 7) is 3.43. The number of aromatic nitrogens is 1. The molecular formula is C10H11N3O. The predicted molar refractivity (Wildman–Crippen MR) is 51.5 cm³/mol. The highest BCUT2D eigenvalue weighted by atomic mass is 16.1. The highest BCUT2D eigenvalue weighted by Gasteiger charge is 2.11. The molecule has 4 heteroatoms. The number of carbonyl (C=O) groups excluding carboxylic acids is 1. The number of hydrogen-bond acceptors (Lipinski definition) is 3. The van der Waals surface area contributed by atoms with Gasteiger partial charge in [-0.3, -0.25) is 9.78 Å². The van der Waals surface area contributed by atoms with E-state index < -0.39 is 6.04 Å². The van der Waals surface area contributed by atoms with Crippen LogP contribution in [0.4, 0.5) is 0 Å². The Morgan fingerprint density at radius 3 is 3.00 bits per heavy atom. The van der Waals surface area contributed by atoms with Crippen molar-refractivity contribution in [3.63, 3.8) is 0 Å². The van der Waals surface area contributed by atoms with E-state index in [2.05, 4.69) is 10.3 Å². The Morgan fingerprint density at radius 2 is 2.43 bits per heavy atom. The molecule has 0 fully saturated rings. The normalized spacial score (nSPS) is 11.5. The van der Waals surface area contributed by atoms with Crippen molar-refractivity contribution in [1.82, 2.24) is 10.3 Å². The lowest BCUT2D eigenvalue weighted by molar-refractivity contribution is 0.0942. The highest BCUT2D eigenvalue weighted by molar-refractivity contribution is 5.93. The maximum absolute atomic E-state index is 11.5. The number of pyridine rings is 1. The van der Waals surface area contributed by atoms with Crippen LogP contribution >= 0.6 is 0 Å². The molecule has 0 spiro atoms. The first-order chi connectivity index (χ1) is 6.65. The molecule has 0 radical (unpaired) electrons. The fourth-order valence-electron chi connectivity index (χ4n) is 1.02. The third kappa shape index (κ3) is 2.30. The molecule has 14 heavy (non-hydrogen) atoms. The minimum absolute atomic E-state index is 0.308. The summed E-state index contributed by atoms with van der Waals surface area (Å²) in [5, 5.41) is 11.0. The molecule has 0 saturated carbocycles. The number of aryl methyl sites for hydroxylation is 1. The number of amides is 1. The topological polar surface area (TPSA) is 65.8 Å². The number of rotatable bonds is 2. The maximum Gasteiger partial charge on any atom is 0.271 e. The Hall–Kier alpha value is -1.89. The zero-order valence-corrected chi connectivity index (χ0v) is 8.11. The average Bonchev–Trinajstić information content (AvgIpc) is 2.18. The molecule has 1 heterocycles. The van der Waals surface area contributed by atoms with Crippen LogP contribution in [0.1, 0.15) is 23.0 Å². The van der Waals surface area contributed by atoms with Gasteiger partial charge in [0, 0.05) is 6.20 Å². The monoisotopic (exact) mass is 189 g/mol. The lowest BCUT2D eigenvalue weighted by Crippen LogP contribution is -2.32. The van der Waals surface area contributed by atoms with Crippen molar-refractivity contribution in [2.24, 2.45) is 0 Å². The fraction of sp³-hybridized carbons (Fsp3) is 0.300. The Morgan fingerprint density at radius 1 is 1.71 bits per heavy atom. The zero-order valence-electron chi connectivity index (χ0n) is 8.11. The van der Waals surface area contributed by atoms with E-state index in [1.807, 2.05) is 6.07 Å². The second kappa shape index (κ2) is 4.38. The third-order valence-electron chi connectivity index (χ3n) is 1.77. The Labute approximate surface area is 82.6 Å². The smallest absolute Gasteiger partial charge is 0.271 e. The summed E-state index contributed by atoms with van der Waals surface area (Å²) in [4.78, 5) is 15.5. The molecule has 1 atom stereocenters. The van der Waals surface area contributed by atoms with E-state index in [0.29, 0.717) is 5.69 Å². The standard InChI is InChI=1S/C10H11N3O/c1-7-4-3-5-12-9(7)10(14)13-8(2)6-11/h3-5,8H,1-2H3,(H,13,14). The summed E-state index contributed by atoms with van der Waals surface area (Å²) >= 11 is 0. The third-order valence-corrected chi connectivity index (χ3v) is 1.77. The summed E-state index contributed by atoms with van der Waals surface area (Å²) in [5.74, 6) is -0.308. The largest absolute Gasteiger partial charge is 0.335 e. The maximum atomic E-state index is 11.5. The van der Waals surface area contributed by atoms with Gasteiger partial charge >= 0.3 is 0 Å². The summed E-state index contributed by atoms with van der Waals surface area (Å²) in [6, 6.07) is 5.00. The molecule has 1 amide bonds. The molecular weight excluding hydrogens is 178 g/mol. The summed E-state index contributed by atoms with van der Waals surface area (Å²) in [6.07, 6.45) is 1.55. The van der Waals surface area contributed by atoms with E-state index in [0.717, 1.165) is 5.56 Å². The van der Waals surface area contributed by atoms with Crippen LogP contribution in [0.15, 0.2) is 18.3 Å². The van der Waals surface area contributed by atoms with Crippen molar-refractivity contribution in [2.45, 2.75) is 19.9 Å². The minimum atomic E-state index is -0.496. The molecule has 0 saturated heterocycles. The van der Waals surface area contributed by atoms with Gasteiger partial charge in [-0.25, -0.2) is 0 Å². The first-order valence-corrected chi connectivity index (χ1v) is 4.27. The van der Waals surface area contributed by atoms with Gasteiger partial charge in [-0.1, -0.05) is 6.07 Å². The molecule has 0 bridgehead atoms. The van der Waals surface area contributed by atoms with Crippen LogP contribution in [0.3, 0.4) is 0 Å². The second-order valence-corrected chi connectivity index (χ2v) is 2.99. The average molecular weight is 189 g/mol. The molecule has 1 unspecified atom stereocenters. The van der Waals surface area contributed by atoms with E-state index in [1.54, 1.807) is 32.2 Å². The first kappa shape index (κ1) is 10.2. The molecule has 0 aliphatic rings. The summed E-state index contributed by atoms with van der Waals surface area (Å²) in [7, 11) is 0. The van der Waals surface area contributed by atoms with Crippen LogP contribution in [0.5, 0.6) is 0 Å². The van der Waals surface area contributed by atoms with Crippen molar-refractivity contribution in [2.75, 3.05) is 0 Å². The molecule has 1 aromatic rings. The van der Waals surface area contributed by atoms with Gasteiger partial charge < -0.3 is 5.32 Å². The number of hydrogen-bond donors (Lipinski definition) is 1. The molecule has 0 aliphatic carbocycles. The van der Waals surface area contributed by atoms with Gasteiger partial charge in [0.1, 0.15) is 11.7 Å². The molecule has 1 rings (SSSR count). The minimum Gasteiger partial charge on any atom is -0.335 e. The predicted octanol–water partition coefficient (Wildman–Crippen LogP) is 1.03. The quantitative estimate of drug-likeness (QED) is 0.755. The molecule has 1 aromatic heterocycles. The zero-order chi connectivity index (χ0) is 10.6. The van der Waals surface area contributed by atoms with Gasteiger partial charge in [0.05, 0.1) is 6.07 Å². The molecule has 0 aromatic carbocycles. The van der Waals surface area contributed by atoms with E-state index >= 15 is 0 Å². The lowest BCUT2D eigenvalue weighted by atomic mass is 10.2. The summed E-state index contributed by atoms with van der Waals surface area (Å²) < 4.78 is 0. The number of nitriles is 1. The SMILES string of the molecule is Cc1cccnc1C(=O)NC(C)C#N. The molecule has 72 valence electrons. The van der Waals surface area contributed by atoms with Crippen molar-refractivity contribution in [3.05, 3.63) is 29.6 Å². The van der Waals surface area contributed by atoms with Gasteiger partial charge in [-0.15, -0.1) is 0 Å². The lowest BCUT2D eigenvalue weighted by Gasteiger charge is -2.06. The van der Waals surface area contributed by atoms with E-state index in [1.165, 1.54) is 0 Å². The molecule has 0 aliphatic heterocycles. The highest BCUT2D eigenvalue weighted by Crippen LogP contribution is 2.02. The van der Waals surface area contributed by atoms with Crippen LogP contribution in [0.25, 0.3) is 0 Å². The van der Waals surface area contributed by atoms with Crippen molar-refractivity contribution in [3.8, 4) is 6.07 Å². The van der Waals surface area contributed by atoms with Gasteiger partial charge in [0.25, 0.3) is 5.91 Å². The van der Waals surface area contributed by atoms with Crippen LogP contribution < -0.4 is 5.32 Å². The number of carbonyl (C=O) groups is 1. The molecule has 4 nitrogen and oxygen atoms in total.